The van der Waals surface area contributed by atoms with Crippen molar-refractivity contribution in [2.24, 2.45) is 5.73 Å². The molecular weight excluding hydrogens is 306 g/mol. The van der Waals surface area contributed by atoms with Crippen molar-refractivity contribution < 1.29 is 4.74 Å². The Bertz CT molecular complexity index is 584. The van der Waals surface area contributed by atoms with Gasteiger partial charge in [0.2, 0.25) is 0 Å². The van der Waals surface area contributed by atoms with Gasteiger partial charge in [0.1, 0.15) is 12.4 Å². The zero-order valence-electron chi connectivity index (χ0n) is 14.2. The largest absolute Gasteiger partial charge is 0.492 e. The van der Waals surface area contributed by atoms with Gasteiger partial charge in [-0.3, -0.25) is 0 Å². The average molecular weight is 334 g/mol. The van der Waals surface area contributed by atoms with Crippen molar-refractivity contribution >= 4 is 12.4 Å². The molecule has 0 saturated heterocycles. The molecule has 0 aromatic heterocycles. The van der Waals surface area contributed by atoms with Crippen LogP contribution >= 0.6 is 12.4 Å². The number of hydrogen-bond donors (Lipinski definition) is 1. The first kappa shape index (κ1) is 19.5. The summed E-state index contributed by atoms with van der Waals surface area (Å²) in [6.07, 6.45) is 4.59. The second kappa shape index (κ2) is 10.3. The molecule has 0 bridgehead atoms. The minimum Gasteiger partial charge on any atom is -0.492 e. The highest BCUT2D eigenvalue weighted by Gasteiger charge is 2.09. The molecule has 0 heterocycles. The van der Waals surface area contributed by atoms with Crippen LogP contribution in [-0.4, -0.2) is 13.2 Å². The first-order chi connectivity index (χ1) is 10.7. The number of ether oxygens (including phenoxy) is 1. The maximum atomic E-state index is 5.81. The van der Waals surface area contributed by atoms with Gasteiger partial charge in [-0.15, -0.1) is 12.4 Å². The molecule has 0 fully saturated rings. The van der Waals surface area contributed by atoms with Crippen LogP contribution in [0.15, 0.2) is 42.5 Å². The summed E-state index contributed by atoms with van der Waals surface area (Å²) in [5, 5.41) is 0. The van der Waals surface area contributed by atoms with E-state index in [0.717, 1.165) is 18.6 Å². The fourth-order valence-corrected chi connectivity index (χ4v) is 2.74. The lowest BCUT2D eigenvalue weighted by Crippen LogP contribution is -2.12. The van der Waals surface area contributed by atoms with E-state index in [0.29, 0.717) is 13.2 Å². The van der Waals surface area contributed by atoms with Gasteiger partial charge >= 0.3 is 0 Å². The number of halogens is 1. The molecule has 0 unspecified atom stereocenters. The molecule has 0 aliphatic carbocycles. The number of aryl methyl sites for hydroxylation is 2. The van der Waals surface area contributed by atoms with E-state index in [1.165, 1.54) is 35.1 Å². The third-order valence-electron chi connectivity index (χ3n) is 4.19. The van der Waals surface area contributed by atoms with Crippen LogP contribution in [-0.2, 0) is 12.8 Å². The Labute approximate surface area is 146 Å². The molecule has 3 heteroatoms. The molecule has 126 valence electrons. The van der Waals surface area contributed by atoms with Crippen molar-refractivity contribution in [1.29, 1.82) is 0 Å². The predicted octanol–water partition coefficient (Wildman–Crippen LogP) is 4.63. The van der Waals surface area contributed by atoms with E-state index in [4.69, 9.17) is 10.5 Å². The highest BCUT2D eigenvalue weighted by Crippen LogP contribution is 2.27. The lowest BCUT2D eigenvalue weighted by atomic mass is 9.96. The van der Waals surface area contributed by atoms with Gasteiger partial charge in [0.05, 0.1) is 0 Å². The van der Waals surface area contributed by atoms with Crippen molar-refractivity contribution in [3.8, 4) is 5.75 Å². The number of nitrogens with two attached hydrogens (primary N) is 1. The molecule has 0 radical (unpaired) electrons. The second-order valence-corrected chi connectivity index (χ2v) is 5.81. The second-order valence-electron chi connectivity index (χ2n) is 5.81. The quantitative estimate of drug-likeness (QED) is 0.715. The first-order valence-corrected chi connectivity index (χ1v) is 8.18. The standard InChI is InChI=1S/C20H27NO.ClH/c1-16-12-13-20(22-15-14-21)19(17(16)2)11-7-6-10-18-8-4-3-5-9-18;/h3-5,8-9,12-13H,6-7,10-11,14-15,21H2,1-2H3;1H. The Morgan fingerprint density at radius 2 is 1.61 bits per heavy atom. The van der Waals surface area contributed by atoms with Gasteiger partial charge < -0.3 is 10.5 Å². The summed E-state index contributed by atoms with van der Waals surface area (Å²) in [6.45, 7) is 5.49. The van der Waals surface area contributed by atoms with Crippen LogP contribution in [0.1, 0.15) is 35.1 Å². The molecule has 2 rings (SSSR count). The molecule has 23 heavy (non-hydrogen) atoms. The van der Waals surface area contributed by atoms with Crippen LogP contribution < -0.4 is 10.5 Å². The SMILES string of the molecule is Cc1ccc(OCCN)c(CCCCc2ccccc2)c1C.Cl. The van der Waals surface area contributed by atoms with E-state index in [2.05, 4.69) is 56.3 Å². The van der Waals surface area contributed by atoms with Gasteiger partial charge in [-0.05, 0) is 67.9 Å². The van der Waals surface area contributed by atoms with Crippen molar-refractivity contribution in [3.63, 3.8) is 0 Å². The molecule has 0 aliphatic heterocycles. The van der Waals surface area contributed by atoms with Gasteiger partial charge in [-0.1, -0.05) is 36.4 Å². The molecular formula is C20H28ClNO. The normalized spacial score (nSPS) is 10.2. The number of unbranched alkanes of at least 4 members (excludes halogenated alkanes) is 1. The number of hydrogen-bond acceptors (Lipinski definition) is 2. The van der Waals surface area contributed by atoms with E-state index in [9.17, 15) is 0 Å². The number of rotatable bonds is 8. The van der Waals surface area contributed by atoms with E-state index in [-0.39, 0.29) is 12.4 Å². The van der Waals surface area contributed by atoms with Gasteiger partial charge in [0, 0.05) is 6.54 Å². The van der Waals surface area contributed by atoms with E-state index < -0.39 is 0 Å². The van der Waals surface area contributed by atoms with Crippen molar-refractivity contribution in [2.45, 2.75) is 39.5 Å². The van der Waals surface area contributed by atoms with Gasteiger partial charge in [0.15, 0.2) is 0 Å². The molecule has 2 aromatic carbocycles. The first-order valence-electron chi connectivity index (χ1n) is 8.18. The minimum atomic E-state index is 0. The third kappa shape index (κ3) is 5.89. The van der Waals surface area contributed by atoms with Crippen molar-refractivity contribution in [1.82, 2.24) is 0 Å². The summed E-state index contributed by atoms with van der Waals surface area (Å²) >= 11 is 0. The maximum Gasteiger partial charge on any atom is 0.122 e. The zero-order valence-corrected chi connectivity index (χ0v) is 15.0. The fraction of sp³-hybridized carbons (Fsp3) is 0.400. The van der Waals surface area contributed by atoms with Crippen LogP contribution in [0, 0.1) is 13.8 Å². The van der Waals surface area contributed by atoms with Gasteiger partial charge in [0.25, 0.3) is 0 Å². The smallest absolute Gasteiger partial charge is 0.122 e. The highest BCUT2D eigenvalue weighted by molar-refractivity contribution is 5.85. The molecule has 0 saturated carbocycles. The Balaban J connectivity index is 0.00000264. The van der Waals surface area contributed by atoms with E-state index >= 15 is 0 Å². The summed E-state index contributed by atoms with van der Waals surface area (Å²) in [4.78, 5) is 0. The van der Waals surface area contributed by atoms with Gasteiger partial charge in [-0.25, -0.2) is 0 Å². The van der Waals surface area contributed by atoms with Crippen LogP contribution in [0.4, 0.5) is 0 Å². The molecule has 2 N–H and O–H groups in total. The van der Waals surface area contributed by atoms with Crippen LogP contribution in [0.3, 0.4) is 0 Å². The van der Waals surface area contributed by atoms with Crippen molar-refractivity contribution in [3.05, 3.63) is 64.7 Å². The van der Waals surface area contributed by atoms with E-state index in [1.54, 1.807) is 0 Å². The minimum absolute atomic E-state index is 0. The fourth-order valence-electron chi connectivity index (χ4n) is 2.74. The molecule has 0 amide bonds. The van der Waals surface area contributed by atoms with E-state index in [1.807, 2.05) is 0 Å². The summed E-state index contributed by atoms with van der Waals surface area (Å²) in [7, 11) is 0. The molecule has 0 atom stereocenters. The summed E-state index contributed by atoms with van der Waals surface area (Å²) in [5.41, 5.74) is 11.0. The topological polar surface area (TPSA) is 35.2 Å². The lowest BCUT2D eigenvalue weighted by molar-refractivity contribution is 0.324. The highest BCUT2D eigenvalue weighted by atomic mass is 35.5. The van der Waals surface area contributed by atoms with Crippen molar-refractivity contribution in [2.75, 3.05) is 13.2 Å². The number of benzene rings is 2. The van der Waals surface area contributed by atoms with Crippen LogP contribution in [0.5, 0.6) is 5.75 Å². The molecule has 0 spiro atoms. The molecule has 0 aliphatic rings. The van der Waals surface area contributed by atoms with Crippen LogP contribution in [0.25, 0.3) is 0 Å². The molecule has 2 nitrogen and oxygen atoms in total. The lowest BCUT2D eigenvalue weighted by Gasteiger charge is -2.15. The Morgan fingerprint density at radius 1 is 0.913 bits per heavy atom. The summed E-state index contributed by atoms with van der Waals surface area (Å²) in [6, 6.07) is 14.9. The monoisotopic (exact) mass is 333 g/mol. The zero-order chi connectivity index (χ0) is 15.8. The predicted molar refractivity (Wildman–Crippen MR) is 101 cm³/mol. The average Bonchev–Trinajstić information content (AvgIpc) is 2.55. The van der Waals surface area contributed by atoms with Gasteiger partial charge in [-0.2, -0.15) is 0 Å². The Hall–Kier alpha value is -1.51. The summed E-state index contributed by atoms with van der Waals surface area (Å²) < 4.78 is 5.81. The molecule has 2 aromatic rings. The Kier molecular flexibility index (Phi) is 8.75. The maximum absolute atomic E-state index is 5.81. The Morgan fingerprint density at radius 3 is 2.30 bits per heavy atom. The summed E-state index contributed by atoms with van der Waals surface area (Å²) in [5.74, 6) is 1.01. The third-order valence-corrected chi connectivity index (χ3v) is 4.19. The van der Waals surface area contributed by atoms with Crippen LogP contribution in [0.2, 0.25) is 0 Å².